The summed E-state index contributed by atoms with van der Waals surface area (Å²) in [5.41, 5.74) is 0. The molecule has 1 aliphatic heterocycles. The molecule has 1 aromatic rings. The van der Waals surface area contributed by atoms with Crippen molar-refractivity contribution in [3.05, 3.63) is 16.9 Å². The fourth-order valence-corrected chi connectivity index (χ4v) is 2.26. The van der Waals surface area contributed by atoms with Crippen LogP contribution in [0.3, 0.4) is 0 Å². The number of rotatable bonds is 3. The quantitative estimate of drug-likeness (QED) is 0.823. The van der Waals surface area contributed by atoms with Crippen molar-refractivity contribution in [3.63, 3.8) is 0 Å². The Balaban J connectivity index is 1.91. The maximum absolute atomic E-state index is 12.2. The van der Waals surface area contributed by atoms with Crippen molar-refractivity contribution in [1.82, 2.24) is 14.9 Å². The summed E-state index contributed by atoms with van der Waals surface area (Å²) in [4.78, 5) is 20.6. The molecule has 1 aliphatic rings. The van der Waals surface area contributed by atoms with Gasteiger partial charge in [0.1, 0.15) is 12.5 Å². The highest BCUT2D eigenvalue weighted by Gasteiger charge is 2.35. The Morgan fingerprint density at radius 1 is 1.43 bits per heavy atom. The van der Waals surface area contributed by atoms with Gasteiger partial charge < -0.3 is 9.64 Å². The zero-order chi connectivity index (χ0) is 15.5. The Morgan fingerprint density at radius 3 is 2.71 bits per heavy atom. The SMILES string of the molecule is O=C(CC(F)(F)F)N1CCCC(Oc2ncc(Br)cn2)C1. The highest BCUT2D eigenvalue weighted by molar-refractivity contribution is 9.10. The van der Waals surface area contributed by atoms with E-state index in [0.29, 0.717) is 23.9 Å². The van der Waals surface area contributed by atoms with E-state index in [0.717, 1.165) is 0 Å². The third kappa shape index (κ3) is 5.14. The van der Waals surface area contributed by atoms with Gasteiger partial charge in [0.15, 0.2) is 0 Å². The molecule has 0 spiro atoms. The summed E-state index contributed by atoms with van der Waals surface area (Å²) < 4.78 is 42.9. The van der Waals surface area contributed by atoms with E-state index in [1.54, 1.807) is 0 Å². The highest BCUT2D eigenvalue weighted by Crippen LogP contribution is 2.23. The fraction of sp³-hybridized carbons (Fsp3) is 0.583. The van der Waals surface area contributed by atoms with Crippen molar-refractivity contribution >= 4 is 21.8 Å². The second-order valence-corrected chi connectivity index (χ2v) is 5.61. The molecule has 1 atom stereocenters. The van der Waals surface area contributed by atoms with Crippen LogP contribution in [-0.2, 0) is 4.79 Å². The van der Waals surface area contributed by atoms with Gasteiger partial charge in [-0.25, -0.2) is 9.97 Å². The molecule has 0 radical (unpaired) electrons. The zero-order valence-electron chi connectivity index (χ0n) is 10.9. The van der Waals surface area contributed by atoms with Crippen LogP contribution >= 0.6 is 15.9 Å². The summed E-state index contributed by atoms with van der Waals surface area (Å²) in [7, 11) is 0. The van der Waals surface area contributed by atoms with Crippen molar-refractivity contribution < 1.29 is 22.7 Å². The molecule has 2 heterocycles. The predicted molar refractivity (Wildman–Crippen MR) is 70.6 cm³/mol. The van der Waals surface area contributed by atoms with Gasteiger partial charge in [-0.05, 0) is 28.8 Å². The van der Waals surface area contributed by atoms with Crippen LogP contribution in [0.25, 0.3) is 0 Å². The summed E-state index contributed by atoms with van der Waals surface area (Å²) in [6.07, 6.45) is -2.05. The van der Waals surface area contributed by atoms with Crippen LogP contribution in [0.5, 0.6) is 6.01 Å². The average Bonchev–Trinajstić information content (AvgIpc) is 2.40. The second-order valence-electron chi connectivity index (χ2n) is 4.70. The minimum absolute atomic E-state index is 0.119. The maximum Gasteiger partial charge on any atom is 0.397 e. The molecule has 0 aliphatic carbocycles. The number of carbonyl (C=O) groups is 1. The number of halogens is 4. The number of aromatic nitrogens is 2. The van der Waals surface area contributed by atoms with Crippen molar-refractivity contribution in [2.24, 2.45) is 0 Å². The van der Waals surface area contributed by atoms with Crippen molar-refractivity contribution in [2.45, 2.75) is 31.5 Å². The predicted octanol–water partition coefficient (Wildman–Crippen LogP) is 2.56. The van der Waals surface area contributed by atoms with Crippen LogP contribution in [0.4, 0.5) is 13.2 Å². The number of alkyl halides is 3. The molecule has 1 saturated heterocycles. The van der Waals surface area contributed by atoms with Crippen LogP contribution in [0.2, 0.25) is 0 Å². The lowest BCUT2D eigenvalue weighted by Crippen LogP contribution is -2.45. The molecule has 1 amide bonds. The summed E-state index contributed by atoms with van der Waals surface area (Å²) in [5.74, 6) is -0.924. The number of likely N-dealkylation sites (tertiary alicyclic amines) is 1. The van der Waals surface area contributed by atoms with Crippen LogP contribution in [0.15, 0.2) is 16.9 Å². The largest absolute Gasteiger partial charge is 0.458 e. The van der Waals surface area contributed by atoms with Gasteiger partial charge >= 0.3 is 12.2 Å². The lowest BCUT2D eigenvalue weighted by atomic mass is 10.1. The molecule has 5 nitrogen and oxygen atoms in total. The molecule has 116 valence electrons. The van der Waals surface area contributed by atoms with E-state index < -0.39 is 24.6 Å². The van der Waals surface area contributed by atoms with E-state index in [1.807, 2.05) is 0 Å². The van der Waals surface area contributed by atoms with Gasteiger partial charge in [-0.2, -0.15) is 13.2 Å². The van der Waals surface area contributed by atoms with Gasteiger partial charge in [0, 0.05) is 18.9 Å². The van der Waals surface area contributed by atoms with Gasteiger partial charge in [0.25, 0.3) is 0 Å². The Bertz CT molecular complexity index is 496. The molecule has 1 fully saturated rings. The number of hydrogen-bond donors (Lipinski definition) is 0. The maximum atomic E-state index is 12.2. The Labute approximate surface area is 127 Å². The van der Waals surface area contributed by atoms with Crippen LogP contribution in [0, 0.1) is 0 Å². The normalized spacial score (nSPS) is 19.4. The number of amides is 1. The Hall–Kier alpha value is -1.38. The molecule has 1 aromatic heterocycles. The smallest absolute Gasteiger partial charge is 0.397 e. The lowest BCUT2D eigenvalue weighted by Gasteiger charge is -2.32. The third-order valence-electron chi connectivity index (χ3n) is 2.95. The van der Waals surface area contributed by atoms with Crippen LogP contribution in [0.1, 0.15) is 19.3 Å². The molecule has 9 heteroatoms. The van der Waals surface area contributed by atoms with E-state index in [4.69, 9.17) is 4.74 Å². The topological polar surface area (TPSA) is 55.3 Å². The molecule has 21 heavy (non-hydrogen) atoms. The lowest BCUT2D eigenvalue weighted by molar-refractivity contribution is -0.163. The standard InChI is InChI=1S/C12H13BrF3N3O2/c13-8-5-17-11(18-6-8)21-9-2-1-3-19(7-9)10(20)4-12(14,15)16/h5-6,9H,1-4,7H2. The summed E-state index contributed by atoms with van der Waals surface area (Å²) in [6, 6.07) is 0.147. The molecule has 0 saturated carbocycles. The van der Waals surface area contributed by atoms with Crippen LogP contribution in [-0.4, -0.2) is 46.1 Å². The van der Waals surface area contributed by atoms with Crippen molar-refractivity contribution in [2.75, 3.05) is 13.1 Å². The first kappa shape index (κ1) is 16.0. The minimum Gasteiger partial charge on any atom is -0.458 e. The molecule has 0 aromatic carbocycles. The van der Waals surface area contributed by atoms with Crippen molar-refractivity contribution in [3.8, 4) is 6.01 Å². The molecular weight excluding hydrogens is 355 g/mol. The molecule has 1 unspecified atom stereocenters. The summed E-state index contributed by atoms with van der Waals surface area (Å²) >= 11 is 3.19. The van der Waals surface area contributed by atoms with E-state index in [9.17, 15) is 18.0 Å². The number of nitrogens with zero attached hydrogens (tertiary/aromatic N) is 3. The first-order valence-electron chi connectivity index (χ1n) is 6.32. The average molecular weight is 368 g/mol. The van der Waals surface area contributed by atoms with Gasteiger partial charge in [-0.3, -0.25) is 4.79 Å². The van der Waals surface area contributed by atoms with E-state index in [1.165, 1.54) is 17.3 Å². The van der Waals surface area contributed by atoms with Crippen molar-refractivity contribution in [1.29, 1.82) is 0 Å². The fourth-order valence-electron chi connectivity index (χ4n) is 2.05. The minimum atomic E-state index is -4.49. The number of ether oxygens (including phenoxy) is 1. The van der Waals surface area contributed by atoms with E-state index in [-0.39, 0.29) is 12.6 Å². The number of carbonyl (C=O) groups excluding carboxylic acids is 1. The first-order valence-corrected chi connectivity index (χ1v) is 7.11. The van der Waals surface area contributed by atoms with Gasteiger partial charge in [-0.15, -0.1) is 0 Å². The van der Waals surface area contributed by atoms with E-state index in [2.05, 4.69) is 25.9 Å². The molecular formula is C12H13BrF3N3O2. The molecule has 0 N–H and O–H groups in total. The molecule has 2 rings (SSSR count). The van der Waals surface area contributed by atoms with Gasteiger partial charge in [0.2, 0.25) is 5.91 Å². The van der Waals surface area contributed by atoms with Gasteiger partial charge in [-0.1, -0.05) is 0 Å². The molecule has 0 bridgehead atoms. The first-order chi connectivity index (χ1) is 9.83. The Kier molecular flexibility index (Phi) is 5.02. The monoisotopic (exact) mass is 367 g/mol. The zero-order valence-corrected chi connectivity index (χ0v) is 12.5. The Morgan fingerprint density at radius 2 is 2.10 bits per heavy atom. The second kappa shape index (κ2) is 6.59. The number of piperidine rings is 1. The number of hydrogen-bond acceptors (Lipinski definition) is 4. The summed E-state index contributed by atoms with van der Waals surface area (Å²) in [5, 5.41) is 0. The summed E-state index contributed by atoms with van der Waals surface area (Å²) in [6.45, 7) is 0.435. The highest BCUT2D eigenvalue weighted by atomic mass is 79.9. The van der Waals surface area contributed by atoms with Gasteiger partial charge in [0.05, 0.1) is 11.0 Å². The third-order valence-corrected chi connectivity index (χ3v) is 3.36. The van der Waals surface area contributed by atoms with Crippen LogP contribution < -0.4 is 4.74 Å². The van der Waals surface area contributed by atoms with E-state index >= 15 is 0 Å².